The topological polar surface area (TPSA) is 47.6 Å². The molecule has 1 N–H and O–H groups in total. The summed E-state index contributed by atoms with van der Waals surface area (Å²) in [5.41, 5.74) is -0.614. The van der Waals surface area contributed by atoms with E-state index in [4.69, 9.17) is 9.47 Å². The Morgan fingerprint density at radius 1 is 1.05 bits per heavy atom. The van der Waals surface area contributed by atoms with E-state index in [1.54, 1.807) is 0 Å². The molecule has 0 aliphatic carbocycles. The largest absolute Gasteiger partial charge is 0.444 e. The maximum Gasteiger partial charge on any atom is 0.407 e. The summed E-state index contributed by atoms with van der Waals surface area (Å²) in [5, 5.41) is 2.77. The number of ether oxygens (including phenoxy) is 2. The first-order valence-electron chi connectivity index (χ1n) is 6.58. The monoisotopic (exact) mass is 291 g/mol. The van der Waals surface area contributed by atoms with Crippen molar-refractivity contribution in [2.75, 3.05) is 19.8 Å². The lowest BCUT2D eigenvalue weighted by atomic mass is 9.95. The number of amides is 1. The molecule has 0 unspecified atom stereocenters. The first kappa shape index (κ1) is 18.6. The van der Waals surface area contributed by atoms with Crippen LogP contribution in [-0.2, 0) is 9.47 Å². The van der Waals surface area contributed by atoms with Gasteiger partial charge in [0, 0.05) is 16.7 Å². The maximum absolute atomic E-state index is 11.6. The average Bonchev–Trinajstić information content (AvgIpc) is 2.09. The van der Waals surface area contributed by atoms with Gasteiger partial charge in [-0.2, -0.15) is 12.6 Å². The highest BCUT2D eigenvalue weighted by molar-refractivity contribution is 7.81. The maximum atomic E-state index is 11.6. The summed E-state index contributed by atoms with van der Waals surface area (Å²) in [6.45, 7) is 15.3. The van der Waals surface area contributed by atoms with Crippen LogP contribution < -0.4 is 5.32 Å². The van der Waals surface area contributed by atoms with Crippen LogP contribution in [-0.4, -0.2) is 36.2 Å². The van der Waals surface area contributed by atoms with E-state index in [9.17, 15) is 4.79 Å². The van der Waals surface area contributed by atoms with Crippen molar-refractivity contribution in [1.82, 2.24) is 5.32 Å². The molecule has 0 aromatic carbocycles. The third-order valence-electron chi connectivity index (χ3n) is 2.06. The second kappa shape index (κ2) is 6.84. The van der Waals surface area contributed by atoms with Crippen LogP contribution in [0.1, 0.15) is 48.5 Å². The molecule has 0 radical (unpaired) electrons. The van der Waals surface area contributed by atoms with E-state index < -0.39 is 11.7 Å². The molecule has 1 amide bonds. The lowest BCUT2D eigenvalue weighted by Crippen LogP contribution is -2.40. The fourth-order valence-electron chi connectivity index (χ4n) is 1.25. The SMILES string of the molecule is CC(C)(S)COCC(C)(C)CNC(=O)OC(C)(C)C. The fraction of sp³-hybridized carbons (Fsp3) is 0.929. The van der Waals surface area contributed by atoms with Gasteiger partial charge >= 0.3 is 6.09 Å². The zero-order valence-electron chi connectivity index (χ0n) is 13.3. The van der Waals surface area contributed by atoms with Gasteiger partial charge in [-0.15, -0.1) is 0 Å². The first-order valence-corrected chi connectivity index (χ1v) is 7.02. The number of thiol groups is 1. The molecule has 4 nitrogen and oxygen atoms in total. The van der Waals surface area contributed by atoms with Crippen molar-refractivity contribution in [2.24, 2.45) is 5.41 Å². The minimum absolute atomic E-state index is 0.143. The van der Waals surface area contributed by atoms with Crippen LogP contribution in [0, 0.1) is 5.41 Å². The summed E-state index contributed by atoms with van der Waals surface area (Å²) < 4.78 is 10.7. The van der Waals surface area contributed by atoms with E-state index in [1.807, 2.05) is 48.5 Å². The van der Waals surface area contributed by atoms with Crippen molar-refractivity contribution < 1.29 is 14.3 Å². The number of rotatable bonds is 6. The smallest absolute Gasteiger partial charge is 0.407 e. The molecule has 0 aliphatic rings. The Morgan fingerprint density at radius 3 is 2.00 bits per heavy atom. The molecule has 0 rings (SSSR count). The van der Waals surface area contributed by atoms with Crippen molar-refractivity contribution in [3.8, 4) is 0 Å². The van der Waals surface area contributed by atoms with Crippen LogP contribution in [0.3, 0.4) is 0 Å². The summed E-state index contributed by atoms with van der Waals surface area (Å²) in [6.07, 6.45) is -0.393. The van der Waals surface area contributed by atoms with Crippen LogP contribution in [0.5, 0.6) is 0 Å². The molecular weight excluding hydrogens is 262 g/mol. The van der Waals surface area contributed by atoms with Gasteiger partial charge in [0.1, 0.15) is 5.60 Å². The molecular formula is C14H29NO3S. The summed E-state index contributed by atoms with van der Waals surface area (Å²) in [5.74, 6) is 0. The summed E-state index contributed by atoms with van der Waals surface area (Å²) in [4.78, 5) is 11.6. The Hall–Kier alpha value is -0.420. The second-order valence-corrected chi connectivity index (χ2v) is 8.54. The van der Waals surface area contributed by atoms with Gasteiger partial charge in [-0.3, -0.25) is 0 Å². The van der Waals surface area contributed by atoms with E-state index in [-0.39, 0.29) is 10.2 Å². The number of carbonyl (C=O) groups is 1. The molecule has 0 aromatic heterocycles. The normalized spacial score (nSPS) is 13.3. The third-order valence-corrected chi connectivity index (χ3v) is 2.19. The van der Waals surface area contributed by atoms with E-state index in [1.165, 1.54) is 0 Å². The van der Waals surface area contributed by atoms with Crippen molar-refractivity contribution in [3.63, 3.8) is 0 Å². The summed E-state index contributed by atoms with van der Waals surface area (Å²) >= 11 is 4.40. The van der Waals surface area contributed by atoms with E-state index in [2.05, 4.69) is 17.9 Å². The molecule has 0 bridgehead atoms. The Morgan fingerprint density at radius 2 is 1.58 bits per heavy atom. The zero-order chi connectivity index (χ0) is 15.3. The Labute approximate surface area is 123 Å². The molecule has 0 atom stereocenters. The van der Waals surface area contributed by atoms with Crippen molar-refractivity contribution in [3.05, 3.63) is 0 Å². The predicted molar refractivity (Wildman–Crippen MR) is 81.9 cm³/mol. The minimum Gasteiger partial charge on any atom is -0.444 e. The molecule has 0 spiro atoms. The highest BCUT2D eigenvalue weighted by Crippen LogP contribution is 2.18. The molecule has 5 heteroatoms. The molecule has 19 heavy (non-hydrogen) atoms. The standard InChI is InChI=1S/C14H29NO3S/c1-12(2,3)18-11(16)15-8-13(4,5)9-17-10-14(6,7)19/h19H,8-10H2,1-7H3,(H,15,16). The molecule has 0 saturated heterocycles. The van der Waals surface area contributed by atoms with Crippen molar-refractivity contribution >= 4 is 18.7 Å². The van der Waals surface area contributed by atoms with Crippen LogP contribution in [0.25, 0.3) is 0 Å². The number of hydrogen-bond acceptors (Lipinski definition) is 4. The summed E-state index contributed by atoms with van der Waals surface area (Å²) in [6, 6.07) is 0. The van der Waals surface area contributed by atoms with E-state index in [0.717, 1.165) is 0 Å². The van der Waals surface area contributed by atoms with Crippen LogP contribution in [0.4, 0.5) is 4.79 Å². The zero-order valence-corrected chi connectivity index (χ0v) is 14.2. The number of carbonyl (C=O) groups excluding carboxylic acids is 1. The van der Waals surface area contributed by atoms with Crippen LogP contribution in [0.2, 0.25) is 0 Å². The van der Waals surface area contributed by atoms with Crippen LogP contribution in [0.15, 0.2) is 0 Å². The highest BCUT2D eigenvalue weighted by Gasteiger charge is 2.23. The number of hydrogen-bond donors (Lipinski definition) is 2. The highest BCUT2D eigenvalue weighted by atomic mass is 32.1. The van der Waals surface area contributed by atoms with E-state index >= 15 is 0 Å². The van der Waals surface area contributed by atoms with Gasteiger partial charge in [0.2, 0.25) is 0 Å². The molecule has 0 heterocycles. The van der Waals surface area contributed by atoms with Gasteiger partial charge in [-0.05, 0) is 34.6 Å². The van der Waals surface area contributed by atoms with Crippen LogP contribution >= 0.6 is 12.6 Å². The van der Waals surface area contributed by atoms with Gasteiger partial charge in [-0.1, -0.05) is 13.8 Å². The Kier molecular flexibility index (Phi) is 6.69. The summed E-state index contributed by atoms with van der Waals surface area (Å²) in [7, 11) is 0. The quantitative estimate of drug-likeness (QED) is 0.738. The molecule has 114 valence electrons. The van der Waals surface area contributed by atoms with Gasteiger partial charge in [0.25, 0.3) is 0 Å². The third kappa shape index (κ3) is 12.4. The van der Waals surface area contributed by atoms with Gasteiger partial charge in [0.15, 0.2) is 0 Å². The Bertz CT molecular complexity index is 290. The van der Waals surface area contributed by atoms with Gasteiger partial charge < -0.3 is 14.8 Å². The van der Waals surface area contributed by atoms with Gasteiger partial charge in [-0.25, -0.2) is 4.79 Å². The van der Waals surface area contributed by atoms with Crippen molar-refractivity contribution in [1.29, 1.82) is 0 Å². The molecule has 0 fully saturated rings. The van der Waals surface area contributed by atoms with E-state index in [0.29, 0.717) is 19.8 Å². The lowest BCUT2D eigenvalue weighted by Gasteiger charge is -2.28. The second-order valence-electron chi connectivity index (χ2n) is 7.32. The average molecular weight is 291 g/mol. The Balaban J connectivity index is 4.00. The number of alkyl carbamates (subject to hydrolysis) is 1. The molecule has 0 aliphatic heterocycles. The first-order chi connectivity index (χ1) is 8.31. The lowest BCUT2D eigenvalue weighted by molar-refractivity contribution is 0.0375. The van der Waals surface area contributed by atoms with Gasteiger partial charge in [0.05, 0.1) is 13.2 Å². The minimum atomic E-state index is -0.471. The number of nitrogens with one attached hydrogen (secondary N) is 1. The van der Waals surface area contributed by atoms with Crippen molar-refractivity contribution in [2.45, 2.75) is 58.8 Å². The fourth-order valence-corrected chi connectivity index (χ4v) is 1.35. The molecule has 0 aromatic rings. The predicted octanol–water partition coefficient (Wildman–Crippen LogP) is 3.26. The molecule has 0 saturated carbocycles.